The second kappa shape index (κ2) is 10.5. The summed E-state index contributed by atoms with van der Waals surface area (Å²) in [5.41, 5.74) is 8.00. The zero-order chi connectivity index (χ0) is 31.6. The van der Waals surface area contributed by atoms with Gasteiger partial charge in [0, 0.05) is 27.3 Å². The Morgan fingerprint density at radius 3 is 1.77 bits per heavy atom. The molecule has 5 nitrogen and oxygen atoms in total. The lowest BCUT2D eigenvalue weighted by atomic mass is 9.99. The van der Waals surface area contributed by atoms with Crippen LogP contribution < -0.4 is 0 Å². The molecule has 0 atom stereocenters. The van der Waals surface area contributed by atoms with E-state index in [-0.39, 0.29) is 0 Å². The van der Waals surface area contributed by atoms with E-state index in [1.807, 2.05) is 41.2 Å². The molecule has 0 fully saturated rings. The molecule has 48 heavy (non-hydrogen) atoms. The molecule has 0 saturated heterocycles. The number of benzene rings is 7. The van der Waals surface area contributed by atoms with Gasteiger partial charge < -0.3 is 0 Å². The molecule has 5 heteroatoms. The molecule has 0 N–H and O–H groups in total. The van der Waals surface area contributed by atoms with Gasteiger partial charge in [-0.1, -0.05) is 115 Å². The molecule has 0 aliphatic rings. The molecular weight excluding hydrogens is 587 g/mol. The fraction of sp³-hybridized carbons (Fsp3) is 0. The molecule has 224 valence electrons. The van der Waals surface area contributed by atoms with Gasteiger partial charge in [0.25, 0.3) is 0 Å². The van der Waals surface area contributed by atoms with Crippen LogP contribution in [-0.2, 0) is 0 Å². The number of nitrogens with zero attached hydrogens (tertiary/aromatic N) is 5. The number of hydrogen-bond acceptors (Lipinski definition) is 3. The number of aromatic nitrogens is 5. The van der Waals surface area contributed by atoms with Crippen LogP contribution in [0.5, 0.6) is 0 Å². The Balaban J connectivity index is 1.35. The average Bonchev–Trinajstić information content (AvgIpc) is 3.74. The van der Waals surface area contributed by atoms with Gasteiger partial charge in [-0.25, -0.2) is 14.6 Å². The van der Waals surface area contributed by atoms with Crippen molar-refractivity contribution >= 4 is 54.3 Å². The minimum absolute atomic E-state index is 0.629. The van der Waals surface area contributed by atoms with Crippen LogP contribution in [0.4, 0.5) is 0 Å². The molecule has 0 aliphatic heterocycles. The minimum Gasteiger partial charge on any atom is -0.278 e. The molecule has 0 aliphatic carbocycles. The molecular formula is C43H27N5. The van der Waals surface area contributed by atoms with E-state index in [4.69, 9.17) is 15.1 Å². The third-order valence-electron chi connectivity index (χ3n) is 9.40. The van der Waals surface area contributed by atoms with Crippen LogP contribution in [0.2, 0.25) is 0 Å². The zero-order valence-electron chi connectivity index (χ0n) is 25.8. The topological polar surface area (TPSA) is 48.5 Å². The summed E-state index contributed by atoms with van der Waals surface area (Å²) in [4.78, 5) is 10.6. The molecule has 10 aromatic rings. The van der Waals surface area contributed by atoms with Gasteiger partial charge in [-0.3, -0.25) is 4.57 Å². The van der Waals surface area contributed by atoms with Crippen LogP contribution in [0.15, 0.2) is 164 Å². The van der Waals surface area contributed by atoms with Gasteiger partial charge >= 0.3 is 0 Å². The predicted molar refractivity (Wildman–Crippen MR) is 197 cm³/mol. The van der Waals surface area contributed by atoms with Gasteiger partial charge in [0.1, 0.15) is 0 Å². The van der Waals surface area contributed by atoms with Crippen molar-refractivity contribution in [3.8, 4) is 34.2 Å². The van der Waals surface area contributed by atoms with E-state index in [1.54, 1.807) is 0 Å². The molecule has 7 aromatic carbocycles. The SMILES string of the molecule is c1ccc(-c2cc(-c3ccccc3)nc(-n3c4cc5c(ccc6ccccc65)cc4c4c5cnn(-c6ccccc6)c5ccc43)n2)cc1. The predicted octanol–water partition coefficient (Wildman–Crippen LogP) is 10.6. The van der Waals surface area contributed by atoms with Crippen molar-refractivity contribution in [3.05, 3.63) is 164 Å². The molecule has 0 radical (unpaired) electrons. The first-order chi connectivity index (χ1) is 23.8. The van der Waals surface area contributed by atoms with E-state index in [0.29, 0.717) is 5.95 Å². The summed E-state index contributed by atoms with van der Waals surface area (Å²) in [6.45, 7) is 0. The Morgan fingerprint density at radius 1 is 0.417 bits per heavy atom. The van der Waals surface area contributed by atoms with Crippen LogP contribution >= 0.6 is 0 Å². The van der Waals surface area contributed by atoms with Gasteiger partial charge in [-0.05, 0) is 64.0 Å². The maximum atomic E-state index is 5.28. The van der Waals surface area contributed by atoms with E-state index >= 15 is 0 Å². The lowest BCUT2D eigenvalue weighted by Gasteiger charge is -2.12. The van der Waals surface area contributed by atoms with E-state index in [0.717, 1.165) is 60.9 Å². The van der Waals surface area contributed by atoms with E-state index < -0.39 is 0 Å². The van der Waals surface area contributed by atoms with E-state index in [1.165, 1.54) is 21.5 Å². The van der Waals surface area contributed by atoms with Crippen molar-refractivity contribution in [2.24, 2.45) is 0 Å². The number of fused-ring (bicyclic) bond motifs is 8. The lowest BCUT2D eigenvalue weighted by molar-refractivity contribution is 0.911. The summed E-state index contributed by atoms with van der Waals surface area (Å²) in [6, 6.07) is 55.1. The Hall–Kier alpha value is -6.59. The van der Waals surface area contributed by atoms with Gasteiger partial charge in [0.2, 0.25) is 5.95 Å². The van der Waals surface area contributed by atoms with Crippen LogP contribution in [0.3, 0.4) is 0 Å². The summed E-state index contributed by atoms with van der Waals surface area (Å²) >= 11 is 0. The highest BCUT2D eigenvalue weighted by atomic mass is 15.3. The zero-order valence-corrected chi connectivity index (χ0v) is 25.8. The fourth-order valence-electron chi connectivity index (χ4n) is 7.16. The summed E-state index contributed by atoms with van der Waals surface area (Å²) in [7, 11) is 0. The quantitative estimate of drug-likeness (QED) is 0.186. The summed E-state index contributed by atoms with van der Waals surface area (Å²) < 4.78 is 4.26. The van der Waals surface area contributed by atoms with Gasteiger partial charge in [-0.15, -0.1) is 0 Å². The smallest absolute Gasteiger partial charge is 0.235 e. The van der Waals surface area contributed by atoms with Gasteiger partial charge in [0.15, 0.2) is 0 Å². The third kappa shape index (κ3) is 4.08. The number of rotatable bonds is 4. The maximum absolute atomic E-state index is 5.28. The highest BCUT2D eigenvalue weighted by molar-refractivity contribution is 6.24. The van der Waals surface area contributed by atoms with Crippen molar-refractivity contribution in [1.29, 1.82) is 0 Å². The lowest BCUT2D eigenvalue weighted by Crippen LogP contribution is -2.04. The van der Waals surface area contributed by atoms with Crippen molar-refractivity contribution < 1.29 is 0 Å². The first-order valence-electron chi connectivity index (χ1n) is 16.1. The highest BCUT2D eigenvalue weighted by Crippen LogP contribution is 2.40. The average molecular weight is 614 g/mol. The first-order valence-corrected chi connectivity index (χ1v) is 16.1. The Labute approximate surface area is 276 Å². The monoisotopic (exact) mass is 613 g/mol. The molecule has 10 rings (SSSR count). The summed E-state index contributed by atoms with van der Waals surface area (Å²) in [5.74, 6) is 0.629. The summed E-state index contributed by atoms with van der Waals surface area (Å²) in [6.07, 6.45) is 2.00. The fourth-order valence-corrected chi connectivity index (χ4v) is 7.16. The Bertz CT molecular complexity index is 2760. The van der Waals surface area contributed by atoms with Crippen LogP contribution in [0.25, 0.3) is 88.4 Å². The first kappa shape index (κ1) is 26.6. The standard InChI is InChI=1S/C43H27N5/c1-4-13-29(14-5-1)37-26-38(30-15-6-2-7-16-30)46-43(45-37)47-40-23-22-39-36(27-44-48(39)32-17-8-3-9-18-32)42(40)35-24-31-21-20-28-12-10-11-19-33(28)34(31)25-41(35)47/h1-27H. The normalized spacial score (nSPS) is 11.8. The third-order valence-corrected chi connectivity index (χ3v) is 9.40. The van der Waals surface area contributed by atoms with Crippen LogP contribution in [0.1, 0.15) is 0 Å². The second-order valence-electron chi connectivity index (χ2n) is 12.2. The maximum Gasteiger partial charge on any atom is 0.235 e. The number of hydrogen-bond donors (Lipinski definition) is 0. The highest BCUT2D eigenvalue weighted by Gasteiger charge is 2.21. The molecule has 0 unspecified atom stereocenters. The largest absolute Gasteiger partial charge is 0.278 e. The minimum atomic E-state index is 0.629. The molecule has 0 saturated carbocycles. The molecule has 0 bridgehead atoms. The molecule has 0 spiro atoms. The van der Waals surface area contributed by atoms with Crippen molar-refractivity contribution in [2.45, 2.75) is 0 Å². The van der Waals surface area contributed by atoms with E-state index in [2.05, 4.69) is 132 Å². The Kier molecular flexibility index (Phi) is 5.81. The van der Waals surface area contributed by atoms with E-state index in [9.17, 15) is 0 Å². The van der Waals surface area contributed by atoms with Crippen molar-refractivity contribution in [2.75, 3.05) is 0 Å². The van der Waals surface area contributed by atoms with Gasteiger partial charge in [-0.2, -0.15) is 5.10 Å². The second-order valence-corrected chi connectivity index (χ2v) is 12.2. The van der Waals surface area contributed by atoms with Crippen molar-refractivity contribution in [3.63, 3.8) is 0 Å². The molecule has 0 amide bonds. The summed E-state index contributed by atoms with van der Waals surface area (Å²) in [5, 5.41) is 13.1. The molecule has 3 heterocycles. The van der Waals surface area contributed by atoms with Gasteiger partial charge in [0.05, 0.1) is 39.8 Å². The number of para-hydroxylation sites is 1. The van der Waals surface area contributed by atoms with Crippen molar-refractivity contribution in [1.82, 2.24) is 24.3 Å². The Morgan fingerprint density at radius 2 is 1.04 bits per heavy atom. The van der Waals surface area contributed by atoms with Crippen LogP contribution in [-0.4, -0.2) is 24.3 Å². The van der Waals surface area contributed by atoms with Crippen LogP contribution in [0, 0.1) is 0 Å². The molecule has 3 aromatic heterocycles.